The van der Waals surface area contributed by atoms with E-state index in [1.165, 1.54) is 18.2 Å². The lowest BCUT2D eigenvalue weighted by Crippen LogP contribution is -2.40. The molecular formula is C14H16BrFN2O2. The molecule has 1 fully saturated rings. The zero-order chi connectivity index (χ0) is 14.9. The molecule has 0 radical (unpaired) electrons. The van der Waals surface area contributed by atoms with Gasteiger partial charge in [0, 0.05) is 24.6 Å². The van der Waals surface area contributed by atoms with E-state index in [1.807, 2.05) is 6.92 Å². The van der Waals surface area contributed by atoms with Gasteiger partial charge in [0.1, 0.15) is 5.82 Å². The van der Waals surface area contributed by atoms with Crippen LogP contribution >= 0.6 is 15.9 Å². The van der Waals surface area contributed by atoms with Gasteiger partial charge in [0.2, 0.25) is 5.91 Å². The van der Waals surface area contributed by atoms with Gasteiger partial charge in [-0.05, 0) is 47.5 Å². The lowest BCUT2D eigenvalue weighted by atomic mass is 9.89. The second-order valence-electron chi connectivity index (χ2n) is 5.24. The van der Waals surface area contributed by atoms with Crippen LogP contribution in [-0.2, 0) is 4.79 Å². The van der Waals surface area contributed by atoms with Crippen LogP contribution in [0.15, 0.2) is 22.7 Å². The summed E-state index contributed by atoms with van der Waals surface area (Å²) >= 11 is 3.20. The third-order valence-corrected chi connectivity index (χ3v) is 4.35. The standard InChI is InChI=1S/C14H16BrFN2O2/c1-14(13(20)17-2)5-6-18(8-14)12(19)10-4-3-9(16)7-11(10)15/h3-4,7H,5-6,8H2,1-2H3,(H,17,20). The van der Waals surface area contributed by atoms with Crippen LogP contribution in [0.3, 0.4) is 0 Å². The Kier molecular flexibility index (Phi) is 4.13. The molecule has 4 nitrogen and oxygen atoms in total. The van der Waals surface area contributed by atoms with Gasteiger partial charge in [0.05, 0.1) is 11.0 Å². The van der Waals surface area contributed by atoms with E-state index < -0.39 is 11.2 Å². The van der Waals surface area contributed by atoms with Crippen molar-refractivity contribution in [1.29, 1.82) is 0 Å². The Morgan fingerprint density at radius 3 is 2.75 bits per heavy atom. The normalized spacial score (nSPS) is 21.9. The number of rotatable bonds is 2. The first kappa shape index (κ1) is 15.0. The van der Waals surface area contributed by atoms with E-state index in [2.05, 4.69) is 21.2 Å². The molecule has 1 aromatic rings. The number of halogens is 2. The zero-order valence-electron chi connectivity index (χ0n) is 11.4. The maximum Gasteiger partial charge on any atom is 0.255 e. The van der Waals surface area contributed by atoms with Gasteiger partial charge in [0.25, 0.3) is 5.91 Å². The fourth-order valence-electron chi connectivity index (χ4n) is 2.45. The summed E-state index contributed by atoms with van der Waals surface area (Å²) in [4.78, 5) is 25.9. The van der Waals surface area contributed by atoms with E-state index >= 15 is 0 Å². The molecule has 1 aliphatic heterocycles. The summed E-state index contributed by atoms with van der Waals surface area (Å²) in [6.07, 6.45) is 0.622. The highest BCUT2D eigenvalue weighted by atomic mass is 79.9. The van der Waals surface area contributed by atoms with Crippen molar-refractivity contribution in [3.8, 4) is 0 Å². The summed E-state index contributed by atoms with van der Waals surface area (Å²) in [5, 5.41) is 2.63. The molecule has 0 spiro atoms. The number of likely N-dealkylation sites (tertiary alicyclic amines) is 1. The SMILES string of the molecule is CNC(=O)C1(C)CCN(C(=O)c2ccc(F)cc2Br)C1. The zero-order valence-corrected chi connectivity index (χ0v) is 13.0. The molecule has 2 amide bonds. The van der Waals surface area contributed by atoms with E-state index in [9.17, 15) is 14.0 Å². The van der Waals surface area contributed by atoms with Crippen LogP contribution in [0.5, 0.6) is 0 Å². The van der Waals surface area contributed by atoms with Crippen LogP contribution < -0.4 is 5.32 Å². The summed E-state index contributed by atoms with van der Waals surface area (Å²) < 4.78 is 13.5. The number of nitrogens with zero attached hydrogens (tertiary/aromatic N) is 1. The van der Waals surface area contributed by atoms with Crippen molar-refractivity contribution in [2.24, 2.45) is 5.41 Å². The summed E-state index contributed by atoms with van der Waals surface area (Å²) in [7, 11) is 1.59. The predicted molar refractivity (Wildman–Crippen MR) is 76.8 cm³/mol. The maximum absolute atomic E-state index is 13.1. The number of carbonyl (C=O) groups excluding carboxylic acids is 2. The van der Waals surface area contributed by atoms with Crippen LogP contribution in [0, 0.1) is 11.2 Å². The van der Waals surface area contributed by atoms with Crippen LogP contribution in [0.4, 0.5) is 4.39 Å². The maximum atomic E-state index is 13.1. The molecule has 1 N–H and O–H groups in total. The van der Waals surface area contributed by atoms with Gasteiger partial charge in [-0.25, -0.2) is 4.39 Å². The lowest BCUT2D eigenvalue weighted by Gasteiger charge is -2.23. The minimum atomic E-state index is -0.559. The van der Waals surface area contributed by atoms with E-state index in [1.54, 1.807) is 11.9 Å². The molecule has 0 aromatic heterocycles. The van der Waals surface area contributed by atoms with E-state index in [-0.39, 0.29) is 11.8 Å². The van der Waals surface area contributed by atoms with Crippen molar-refractivity contribution in [3.05, 3.63) is 34.1 Å². The molecule has 6 heteroatoms. The van der Waals surface area contributed by atoms with E-state index in [0.717, 1.165) is 0 Å². The molecule has 1 aromatic carbocycles. The van der Waals surface area contributed by atoms with Gasteiger partial charge in [-0.1, -0.05) is 0 Å². The lowest BCUT2D eigenvalue weighted by molar-refractivity contribution is -0.128. The Labute approximate surface area is 125 Å². The molecule has 20 heavy (non-hydrogen) atoms. The van der Waals surface area contributed by atoms with Crippen molar-refractivity contribution in [2.45, 2.75) is 13.3 Å². The third kappa shape index (κ3) is 2.70. The molecule has 1 atom stereocenters. The summed E-state index contributed by atoms with van der Waals surface area (Å²) in [6, 6.07) is 3.98. The van der Waals surface area contributed by atoms with Gasteiger partial charge in [-0.15, -0.1) is 0 Å². The smallest absolute Gasteiger partial charge is 0.255 e. The predicted octanol–water partition coefficient (Wildman–Crippen LogP) is 2.19. The number of hydrogen-bond acceptors (Lipinski definition) is 2. The number of nitrogens with one attached hydrogen (secondary N) is 1. The van der Waals surface area contributed by atoms with Gasteiger partial charge in [-0.3, -0.25) is 9.59 Å². The molecule has 1 unspecified atom stereocenters. The van der Waals surface area contributed by atoms with Gasteiger partial charge >= 0.3 is 0 Å². The topological polar surface area (TPSA) is 49.4 Å². The average Bonchev–Trinajstić information content (AvgIpc) is 2.81. The third-order valence-electron chi connectivity index (χ3n) is 3.70. The molecule has 0 bridgehead atoms. The molecule has 0 saturated carbocycles. The first-order valence-corrected chi connectivity index (χ1v) is 7.13. The summed E-state index contributed by atoms with van der Waals surface area (Å²) in [5.41, 5.74) is -0.149. The summed E-state index contributed by atoms with van der Waals surface area (Å²) in [5.74, 6) is -0.652. The van der Waals surface area contributed by atoms with Gasteiger partial charge in [-0.2, -0.15) is 0 Å². The minimum absolute atomic E-state index is 0.0639. The average molecular weight is 343 g/mol. The molecule has 1 heterocycles. The van der Waals surface area contributed by atoms with Crippen LogP contribution in [0.2, 0.25) is 0 Å². The Morgan fingerprint density at radius 2 is 2.15 bits per heavy atom. The Balaban J connectivity index is 2.18. The Hall–Kier alpha value is -1.43. The molecule has 0 aliphatic carbocycles. The Morgan fingerprint density at radius 1 is 1.45 bits per heavy atom. The molecule has 1 saturated heterocycles. The summed E-state index contributed by atoms with van der Waals surface area (Å²) in [6.45, 7) is 2.74. The first-order chi connectivity index (χ1) is 9.37. The second-order valence-corrected chi connectivity index (χ2v) is 6.09. The highest BCUT2D eigenvalue weighted by molar-refractivity contribution is 9.10. The molecule has 1 aliphatic rings. The minimum Gasteiger partial charge on any atom is -0.359 e. The van der Waals surface area contributed by atoms with Crippen molar-refractivity contribution >= 4 is 27.7 Å². The molecule has 108 valence electrons. The Bertz CT molecular complexity index is 564. The quantitative estimate of drug-likeness (QED) is 0.895. The molecule has 2 rings (SSSR count). The van der Waals surface area contributed by atoms with E-state index in [4.69, 9.17) is 0 Å². The van der Waals surface area contributed by atoms with Crippen molar-refractivity contribution < 1.29 is 14.0 Å². The largest absolute Gasteiger partial charge is 0.359 e. The monoisotopic (exact) mass is 342 g/mol. The number of carbonyl (C=O) groups is 2. The van der Waals surface area contributed by atoms with Crippen molar-refractivity contribution in [2.75, 3.05) is 20.1 Å². The van der Waals surface area contributed by atoms with Gasteiger partial charge < -0.3 is 10.2 Å². The van der Waals surface area contributed by atoms with Crippen molar-refractivity contribution in [3.63, 3.8) is 0 Å². The molecular weight excluding hydrogens is 327 g/mol. The van der Waals surface area contributed by atoms with Crippen LogP contribution in [-0.4, -0.2) is 36.9 Å². The first-order valence-electron chi connectivity index (χ1n) is 6.34. The fourth-order valence-corrected chi connectivity index (χ4v) is 2.98. The number of benzene rings is 1. The van der Waals surface area contributed by atoms with E-state index in [0.29, 0.717) is 29.5 Å². The fraction of sp³-hybridized carbons (Fsp3) is 0.429. The van der Waals surface area contributed by atoms with Crippen LogP contribution in [0.25, 0.3) is 0 Å². The van der Waals surface area contributed by atoms with Crippen LogP contribution in [0.1, 0.15) is 23.7 Å². The highest BCUT2D eigenvalue weighted by Gasteiger charge is 2.41. The highest BCUT2D eigenvalue weighted by Crippen LogP contribution is 2.32. The van der Waals surface area contributed by atoms with Gasteiger partial charge in [0.15, 0.2) is 0 Å². The second kappa shape index (κ2) is 5.52. The number of hydrogen-bond donors (Lipinski definition) is 1. The van der Waals surface area contributed by atoms with Crippen molar-refractivity contribution in [1.82, 2.24) is 10.2 Å². The number of amides is 2.